The summed E-state index contributed by atoms with van der Waals surface area (Å²) in [5.74, 6) is 0. The second-order valence-corrected chi connectivity index (χ2v) is 4.35. The number of methoxy groups -OCH3 is 3. The van der Waals surface area contributed by atoms with E-state index in [1.165, 1.54) is 19.3 Å². The van der Waals surface area contributed by atoms with E-state index in [2.05, 4.69) is 17.2 Å². The zero-order valence-electron chi connectivity index (χ0n) is 10.3. The number of ether oxygens (including phenoxy) is 3. The van der Waals surface area contributed by atoms with Crippen LogP contribution in [0, 0.1) is 0 Å². The predicted octanol–water partition coefficient (Wildman–Crippen LogP) is 2.09. The molecule has 0 fully saturated rings. The van der Waals surface area contributed by atoms with E-state index in [-0.39, 0.29) is 6.10 Å². The quantitative estimate of drug-likeness (QED) is 0.345. The van der Waals surface area contributed by atoms with Gasteiger partial charge in [0.2, 0.25) is 0 Å². The van der Waals surface area contributed by atoms with Crippen LogP contribution in [0.5, 0.6) is 0 Å². The van der Waals surface area contributed by atoms with Crippen LogP contribution in [0.15, 0.2) is 0 Å². The second kappa shape index (κ2) is 8.27. The summed E-state index contributed by atoms with van der Waals surface area (Å²) in [6, 6.07) is 0. The Balaban J connectivity index is 3.99. The predicted molar refractivity (Wildman–Crippen MR) is 62.1 cm³/mol. The summed E-state index contributed by atoms with van der Waals surface area (Å²) < 4.78 is 15.9. The minimum Gasteiger partial charge on any atom is -0.376 e. The summed E-state index contributed by atoms with van der Waals surface area (Å²) in [5, 5.41) is 0. The molecule has 0 saturated heterocycles. The zero-order chi connectivity index (χ0) is 11.7. The maximum atomic E-state index is 5.38. The van der Waals surface area contributed by atoms with Gasteiger partial charge in [0.05, 0.1) is 0 Å². The lowest BCUT2D eigenvalue weighted by molar-refractivity contribution is -0.209. The Morgan fingerprint density at radius 3 is 2.07 bits per heavy atom. The van der Waals surface area contributed by atoms with Crippen LogP contribution < -0.4 is 0 Å². The Morgan fingerprint density at radius 1 is 1.07 bits per heavy atom. The monoisotopic (exact) mass is 231 g/mol. The van der Waals surface area contributed by atoms with Crippen molar-refractivity contribution in [3.8, 4) is 0 Å². The van der Waals surface area contributed by atoms with Gasteiger partial charge in [-0.25, -0.2) is 0 Å². The Bertz CT molecular complexity index is 149. The molecule has 0 N–H and O–H groups in total. The third kappa shape index (κ3) is 5.11. The largest absolute Gasteiger partial charge is 0.376 e. The van der Waals surface area contributed by atoms with Crippen molar-refractivity contribution >= 4 is 10.2 Å². The molecule has 0 rings (SSSR count). The summed E-state index contributed by atoms with van der Waals surface area (Å²) in [5.41, 5.74) is -0.818. The standard InChI is InChI=1S/C11H23O3Si/c1-5-6-7-8-9-10(12-2)11(15,13-3)14-4/h10H,5-9H2,1-4H3. The molecule has 89 valence electrons. The minimum absolute atomic E-state index is 0.0824. The van der Waals surface area contributed by atoms with E-state index in [0.29, 0.717) is 0 Å². The lowest BCUT2D eigenvalue weighted by Crippen LogP contribution is -2.47. The van der Waals surface area contributed by atoms with Gasteiger partial charge in [-0.15, -0.1) is 0 Å². The smallest absolute Gasteiger partial charge is 0.168 e. The molecule has 3 nitrogen and oxygen atoms in total. The van der Waals surface area contributed by atoms with Gasteiger partial charge in [0.25, 0.3) is 0 Å². The molecule has 0 amide bonds. The van der Waals surface area contributed by atoms with Crippen molar-refractivity contribution in [3.05, 3.63) is 0 Å². The van der Waals surface area contributed by atoms with Crippen LogP contribution in [0.25, 0.3) is 0 Å². The molecule has 0 aromatic carbocycles. The molecule has 1 atom stereocenters. The maximum Gasteiger partial charge on any atom is 0.168 e. The summed E-state index contributed by atoms with van der Waals surface area (Å²) in [6.45, 7) is 2.20. The molecule has 15 heavy (non-hydrogen) atoms. The fourth-order valence-electron chi connectivity index (χ4n) is 1.57. The van der Waals surface area contributed by atoms with Gasteiger partial charge in [-0.2, -0.15) is 0 Å². The Morgan fingerprint density at radius 2 is 1.67 bits per heavy atom. The highest BCUT2D eigenvalue weighted by Gasteiger charge is 2.33. The molecule has 3 radical (unpaired) electrons. The molecule has 0 aliphatic rings. The first-order valence-corrected chi connectivity index (χ1v) is 6.02. The summed E-state index contributed by atoms with van der Waals surface area (Å²) in [7, 11) is 8.35. The summed E-state index contributed by atoms with van der Waals surface area (Å²) in [6.07, 6.45) is 5.72. The van der Waals surface area contributed by atoms with Crippen LogP contribution in [0.4, 0.5) is 0 Å². The lowest BCUT2D eigenvalue weighted by atomic mass is 10.1. The van der Waals surface area contributed by atoms with Gasteiger partial charge in [-0.3, -0.25) is 0 Å². The van der Waals surface area contributed by atoms with Crippen molar-refractivity contribution in [2.24, 2.45) is 0 Å². The van der Waals surface area contributed by atoms with Gasteiger partial charge in [0.15, 0.2) is 5.41 Å². The molecule has 0 aliphatic carbocycles. The van der Waals surface area contributed by atoms with Crippen LogP contribution in [0.3, 0.4) is 0 Å². The average Bonchev–Trinajstić information content (AvgIpc) is 2.28. The Labute approximate surface area is 96.9 Å². The molecular formula is C11H23O3Si. The molecule has 4 heteroatoms. The first kappa shape index (κ1) is 15.1. The van der Waals surface area contributed by atoms with E-state index in [4.69, 9.17) is 14.2 Å². The molecular weight excluding hydrogens is 208 g/mol. The van der Waals surface area contributed by atoms with Gasteiger partial charge in [-0.1, -0.05) is 32.6 Å². The highest BCUT2D eigenvalue weighted by molar-refractivity contribution is 6.13. The van der Waals surface area contributed by atoms with Crippen molar-refractivity contribution in [1.29, 1.82) is 0 Å². The topological polar surface area (TPSA) is 27.7 Å². The second-order valence-electron chi connectivity index (χ2n) is 3.65. The molecule has 1 unspecified atom stereocenters. The molecule has 0 heterocycles. The van der Waals surface area contributed by atoms with Gasteiger partial charge >= 0.3 is 0 Å². The normalized spacial score (nSPS) is 14.2. The van der Waals surface area contributed by atoms with E-state index in [1.807, 2.05) is 0 Å². The van der Waals surface area contributed by atoms with Crippen LogP contribution in [-0.4, -0.2) is 43.1 Å². The molecule has 0 aromatic rings. The highest BCUT2D eigenvalue weighted by atomic mass is 28.1. The van der Waals surface area contributed by atoms with E-state index in [1.54, 1.807) is 21.3 Å². The van der Waals surface area contributed by atoms with Gasteiger partial charge < -0.3 is 14.2 Å². The SMILES string of the molecule is CCCCCCC(OC)C([Si])(OC)OC. The molecule has 0 spiro atoms. The first-order valence-electron chi connectivity index (χ1n) is 5.52. The van der Waals surface area contributed by atoms with E-state index in [0.717, 1.165) is 12.8 Å². The number of unbranched alkanes of at least 4 members (excludes halogenated alkanes) is 3. The van der Waals surface area contributed by atoms with E-state index in [9.17, 15) is 0 Å². The molecule has 0 aliphatic heterocycles. The summed E-state index contributed by atoms with van der Waals surface area (Å²) >= 11 is 0. The van der Waals surface area contributed by atoms with E-state index >= 15 is 0 Å². The van der Waals surface area contributed by atoms with Crippen LogP contribution >= 0.6 is 0 Å². The summed E-state index contributed by atoms with van der Waals surface area (Å²) in [4.78, 5) is 0. The van der Waals surface area contributed by atoms with Crippen LogP contribution in [-0.2, 0) is 14.2 Å². The van der Waals surface area contributed by atoms with Crippen molar-refractivity contribution < 1.29 is 14.2 Å². The number of rotatable bonds is 9. The van der Waals surface area contributed by atoms with Gasteiger partial charge in [0, 0.05) is 21.3 Å². The fourth-order valence-corrected chi connectivity index (χ4v) is 1.83. The van der Waals surface area contributed by atoms with Crippen molar-refractivity contribution in [2.75, 3.05) is 21.3 Å². The molecule has 0 bridgehead atoms. The Hall–Kier alpha value is 0.0969. The van der Waals surface area contributed by atoms with Crippen molar-refractivity contribution in [3.63, 3.8) is 0 Å². The minimum atomic E-state index is -0.818. The number of hydrogen-bond donors (Lipinski definition) is 0. The third-order valence-electron chi connectivity index (χ3n) is 2.63. The van der Waals surface area contributed by atoms with E-state index < -0.39 is 5.41 Å². The first-order chi connectivity index (χ1) is 7.14. The van der Waals surface area contributed by atoms with Crippen LogP contribution in [0.1, 0.15) is 39.0 Å². The molecule has 0 aromatic heterocycles. The lowest BCUT2D eigenvalue weighted by Gasteiger charge is -2.34. The highest BCUT2D eigenvalue weighted by Crippen LogP contribution is 2.20. The maximum absolute atomic E-state index is 5.38. The average molecular weight is 231 g/mol. The Kier molecular flexibility index (Phi) is 8.33. The fraction of sp³-hybridized carbons (Fsp3) is 1.00. The van der Waals surface area contributed by atoms with Crippen LogP contribution in [0.2, 0.25) is 0 Å². The van der Waals surface area contributed by atoms with Gasteiger partial charge in [0.1, 0.15) is 16.3 Å². The third-order valence-corrected chi connectivity index (χ3v) is 3.36. The van der Waals surface area contributed by atoms with Crippen molar-refractivity contribution in [1.82, 2.24) is 0 Å². The van der Waals surface area contributed by atoms with Gasteiger partial charge in [-0.05, 0) is 6.42 Å². The van der Waals surface area contributed by atoms with Crippen molar-refractivity contribution in [2.45, 2.75) is 50.5 Å². The molecule has 0 saturated carbocycles. The number of hydrogen-bond acceptors (Lipinski definition) is 3. The zero-order valence-corrected chi connectivity index (χ0v) is 11.3.